The average molecular weight is 328 g/mol. The standard InChI is InChI=1S/C14H18ClN3O4/c1-14(2,3)22-13(21)17-8-11(19)18(16)12(20)9-5-4-6-10(15)7-9/h4-7H,8,16H2,1-3H3,(H,17,21). The van der Waals surface area contributed by atoms with E-state index in [4.69, 9.17) is 22.2 Å². The number of nitrogens with zero attached hydrogens (tertiary/aromatic N) is 1. The van der Waals surface area contributed by atoms with E-state index in [-0.39, 0.29) is 5.56 Å². The second-order valence-corrected chi connectivity index (χ2v) is 5.87. The van der Waals surface area contributed by atoms with Crippen LogP contribution >= 0.6 is 11.6 Å². The van der Waals surface area contributed by atoms with E-state index >= 15 is 0 Å². The van der Waals surface area contributed by atoms with Crippen LogP contribution in [-0.4, -0.2) is 35.1 Å². The van der Waals surface area contributed by atoms with Crippen LogP contribution in [0.2, 0.25) is 5.02 Å². The lowest BCUT2D eigenvalue weighted by Crippen LogP contribution is -2.48. The molecule has 0 radical (unpaired) electrons. The van der Waals surface area contributed by atoms with Gasteiger partial charge in [0.15, 0.2) is 0 Å². The summed E-state index contributed by atoms with van der Waals surface area (Å²) in [5, 5.41) is 2.99. The van der Waals surface area contributed by atoms with Crippen molar-refractivity contribution in [3.05, 3.63) is 34.9 Å². The van der Waals surface area contributed by atoms with Crippen molar-refractivity contribution in [2.75, 3.05) is 6.54 Å². The van der Waals surface area contributed by atoms with Gasteiger partial charge in [-0.25, -0.2) is 15.6 Å². The van der Waals surface area contributed by atoms with Crippen molar-refractivity contribution in [2.45, 2.75) is 26.4 Å². The third-order valence-electron chi connectivity index (χ3n) is 2.34. The Balaban J connectivity index is 2.58. The third-order valence-corrected chi connectivity index (χ3v) is 2.58. The predicted octanol–water partition coefficient (Wildman–Crippen LogP) is 1.71. The molecular formula is C14H18ClN3O4. The first kappa shape index (κ1) is 17.9. The molecule has 3 N–H and O–H groups in total. The molecule has 0 saturated heterocycles. The van der Waals surface area contributed by atoms with Gasteiger partial charge in [0.25, 0.3) is 11.8 Å². The number of nitrogens with two attached hydrogens (primary N) is 1. The Morgan fingerprint density at radius 1 is 1.32 bits per heavy atom. The van der Waals surface area contributed by atoms with Crippen LogP contribution in [0.25, 0.3) is 0 Å². The number of hydrazine groups is 1. The molecule has 0 unspecified atom stereocenters. The molecule has 7 nitrogen and oxygen atoms in total. The van der Waals surface area contributed by atoms with E-state index < -0.39 is 30.1 Å². The normalized spacial score (nSPS) is 10.8. The molecule has 0 atom stereocenters. The Morgan fingerprint density at radius 2 is 1.95 bits per heavy atom. The van der Waals surface area contributed by atoms with Crippen LogP contribution in [0.4, 0.5) is 4.79 Å². The van der Waals surface area contributed by atoms with Crippen LogP contribution < -0.4 is 11.2 Å². The fourth-order valence-electron chi connectivity index (χ4n) is 1.42. The first-order valence-electron chi connectivity index (χ1n) is 6.44. The van der Waals surface area contributed by atoms with Gasteiger partial charge in [-0.3, -0.25) is 9.59 Å². The number of carbonyl (C=O) groups is 3. The lowest BCUT2D eigenvalue weighted by molar-refractivity contribution is -0.127. The number of hydrogen-bond donors (Lipinski definition) is 2. The molecule has 8 heteroatoms. The predicted molar refractivity (Wildman–Crippen MR) is 81.1 cm³/mol. The van der Waals surface area contributed by atoms with Crippen LogP contribution in [-0.2, 0) is 9.53 Å². The zero-order valence-electron chi connectivity index (χ0n) is 12.6. The van der Waals surface area contributed by atoms with Gasteiger partial charge >= 0.3 is 6.09 Å². The molecule has 22 heavy (non-hydrogen) atoms. The minimum atomic E-state index is -0.782. The second kappa shape index (κ2) is 7.24. The summed E-state index contributed by atoms with van der Waals surface area (Å²) in [7, 11) is 0. The van der Waals surface area contributed by atoms with Crippen LogP contribution in [0.15, 0.2) is 24.3 Å². The second-order valence-electron chi connectivity index (χ2n) is 5.43. The zero-order chi connectivity index (χ0) is 16.9. The monoisotopic (exact) mass is 327 g/mol. The van der Waals surface area contributed by atoms with Gasteiger partial charge in [-0.05, 0) is 39.0 Å². The molecule has 0 bridgehead atoms. The van der Waals surface area contributed by atoms with Gasteiger partial charge in [0.05, 0.1) is 0 Å². The molecule has 1 aromatic rings. The van der Waals surface area contributed by atoms with Gasteiger partial charge in [0.1, 0.15) is 12.1 Å². The average Bonchev–Trinajstić information content (AvgIpc) is 2.41. The lowest BCUT2D eigenvalue weighted by Gasteiger charge is -2.20. The maximum absolute atomic E-state index is 12.0. The van der Waals surface area contributed by atoms with E-state index in [0.29, 0.717) is 10.0 Å². The number of nitrogens with one attached hydrogen (secondary N) is 1. The van der Waals surface area contributed by atoms with Crippen molar-refractivity contribution < 1.29 is 19.1 Å². The number of halogens is 1. The SMILES string of the molecule is CC(C)(C)OC(=O)NCC(=O)N(N)C(=O)c1cccc(Cl)c1. The molecule has 1 rings (SSSR count). The van der Waals surface area contributed by atoms with Gasteiger partial charge in [-0.2, -0.15) is 0 Å². The molecule has 0 saturated carbocycles. The Labute approximate surface area is 133 Å². The number of ether oxygens (including phenoxy) is 1. The van der Waals surface area contributed by atoms with E-state index in [1.165, 1.54) is 12.1 Å². The summed E-state index contributed by atoms with van der Waals surface area (Å²) in [5.74, 6) is 3.95. The van der Waals surface area contributed by atoms with Crippen molar-refractivity contribution in [3.63, 3.8) is 0 Å². The number of imide groups is 1. The lowest BCUT2D eigenvalue weighted by atomic mass is 10.2. The Bertz CT molecular complexity index is 584. The van der Waals surface area contributed by atoms with Gasteiger partial charge in [0, 0.05) is 10.6 Å². The Hall–Kier alpha value is -2.12. The fourth-order valence-corrected chi connectivity index (χ4v) is 1.61. The highest BCUT2D eigenvalue weighted by Gasteiger charge is 2.22. The first-order chi connectivity index (χ1) is 10.1. The summed E-state index contributed by atoms with van der Waals surface area (Å²) in [5.41, 5.74) is -0.521. The van der Waals surface area contributed by atoms with Crippen LogP contribution in [0.1, 0.15) is 31.1 Å². The number of amides is 3. The number of carbonyl (C=O) groups excluding carboxylic acids is 3. The number of hydrogen-bond acceptors (Lipinski definition) is 5. The summed E-state index contributed by atoms with van der Waals surface area (Å²) < 4.78 is 4.96. The minimum Gasteiger partial charge on any atom is -0.444 e. The highest BCUT2D eigenvalue weighted by atomic mass is 35.5. The minimum absolute atomic E-state index is 0.167. The molecule has 0 fully saturated rings. The van der Waals surface area contributed by atoms with Crippen LogP contribution in [0.3, 0.4) is 0 Å². The van der Waals surface area contributed by atoms with Gasteiger partial charge < -0.3 is 10.1 Å². The molecule has 1 aromatic carbocycles. The largest absolute Gasteiger partial charge is 0.444 e. The molecule has 0 spiro atoms. The summed E-state index contributed by atoms with van der Waals surface area (Å²) in [6, 6.07) is 6.01. The van der Waals surface area contributed by atoms with E-state index in [9.17, 15) is 14.4 Å². The Kier molecular flexibility index (Phi) is 5.90. The van der Waals surface area contributed by atoms with Crippen LogP contribution in [0, 0.1) is 0 Å². The topological polar surface area (TPSA) is 102 Å². The molecule has 0 aromatic heterocycles. The highest BCUT2D eigenvalue weighted by molar-refractivity contribution is 6.31. The van der Waals surface area contributed by atoms with Crippen molar-refractivity contribution in [2.24, 2.45) is 5.84 Å². The van der Waals surface area contributed by atoms with E-state index in [1.54, 1.807) is 32.9 Å². The summed E-state index contributed by atoms with van der Waals surface area (Å²) in [4.78, 5) is 35.2. The summed E-state index contributed by atoms with van der Waals surface area (Å²) in [6.45, 7) is 4.60. The molecule has 0 aliphatic rings. The van der Waals surface area contributed by atoms with Crippen LogP contribution in [0.5, 0.6) is 0 Å². The third kappa shape index (κ3) is 5.71. The Morgan fingerprint density at radius 3 is 2.50 bits per heavy atom. The molecule has 0 aliphatic heterocycles. The molecule has 120 valence electrons. The van der Waals surface area contributed by atoms with Crippen molar-refractivity contribution in [1.82, 2.24) is 10.3 Å². The van der Waals surface area contributed by atoms with E-state index in [2.05, 4.69) is 5.32 Å². The quantitative estimate of drug-likeness (QED) is 0.500. The smallest absolute Gasteiger partial charge is 0.408 e. The van der Waals surface area contributed by atoms with Gasteiger partial charge in [0.2, 0.25) is 0 Å². The summed E-state index contributed by atoms with van der Waals surface area (Å²) in [6.07, 6.45) is -0.774. The fraction of sp³-hybridized carbons (Fsp3) is 0.357. The molecule has 3 amide bonds. The van der Waals surface area contributed by atoms with Crippen molar-refractivity contribution >= 4 is 29.5 Å². The maximum Gasteiger partial charge on any atom is 0.408 e. The van der Waals surface area contributed by atoms with Gasteiger partial charge in [-0.15, -0.1) is 0 Å². The molecule has 0 heterocycles. The molecule has 0 aliphatic carbocycles. The first-order valence-corrected chi connectivity index (χ1v) is 6.82. The zero-order valence-corrected chi connectivity index (χ0v) is 13.3. The molecular weight excluding hydrogens is 310 g/mol. The summed E-state index contributed by atoms with van der Waals surface area (Å²) >= 11 is 5.77. The van der Waals surface area contributed by atoms with E-state index in [1.807, 2.05) is 0 Å². The van der Waals surface area contributed by atoms with E-state index in [0.717, 1.165) is 0 Å². The highest BCUT2D eigenvalue weighted by Crippen LogP contribution is 2.12. The van der Waals surface area contributed by atoms with Crippen molar-refractivity contribution in [1.29, 1.82) is 0 Å². The maximum atomic E-state index is 12.0. The van der Waals surface area contributed by atoms with Gasteiger partial charge in [-0.1, -0.05) is 17.7 Å². The number of rotatable bonds is 3. The number of alkyl carbamates (subject to hydrolysis) is 1. The van der Waals surface area contributed by atoms with Crippen molar-refractivity contribution in [3.8, 4) is 0 Å². The number of benzene rings is 1.